The van der Waals surface area contributed by atoms with Gasteiger partial charge < -0.3 is 15.1 Å². The molecule has 1 aliphatic heterocycles. The van der Waals surface area contributed by atoms with Crippen LogP contribution in [0.25, 0.3) is 6.08 Å². The monoisotopic (exact) mass is 600 g/mol. The Morgan fingerprint density at radius 3 is 2.54 bits per heavy atom. The highest BCUT2D eigenvalue weighted by Gasteiger charge is 2.37. The molecule has 0 radical (unpaired) electrons. The lowest BCUT2D eigenvalue weighted by molar-refractivity contribution is -0.149. The number of nitrogens with zero attached hydrogens (tertiary/aromatic N) is 2. The summed E-state index contributed by atoms with van der Waals surface area (Å²) in [5.74, 6) is -1.66. The first kappa shape index (κ1) is 20.6. The fourth-order valence-corrected chi connectivity index (χ4v) is 5.06. The summed E-state index contributed by atoms with van der Waals surface area (Å²) in [5.41, 5.74) is 2.04. The number of rotatable bonds is 3. The van der Waals surface area contributed by atoms with Crippen molar-refractivity contribution < 1.29 is 19.8 Å². The van der Waals surface area contributed by atoms with Gasteiger partial charge in [-0.25, -0.2) is 4.79 Å². The molecule has 0 saturated carbocycles. The van der Waals surface area contributed by atoms with Crippen molar-refractivity contribution in [3.05, 3.63) is 65.8 Å². The van der Waals surface area contributed by atoms with E-state index in [4.69, 9.17) is 0 Å². The number of benzene rings is 2. The third-order valence-corrected chi connectivity index (χ3v) is 6.50. The largest absolute Gasteiger partial charge is 0.506 e. The quantitative estimate of drug-likeness (QED) is 0.319. The van der Waals surface area contributed by atoms with E-state index in [0.29, 0.717) is 18.3 Å². The summed E-state index contributed by atoms with van der Waals surface area (Å²) in [6.07, 6.45) is 1.57. The molecule has 1 aliphatic rings. The standard InChI is InChI=1S/C20H14I2N2O4/c21-15-7-12-8-16(20(27)28)24(10-14(12)17(22)18(15)25)19(26)13(9-23)6-11-4-2-1-3-5-11/h1-7,16,25H,8,10H2,(H,27,28)/b13-6-/t16-/m0/s1. The molecule has 0 fully saturated rings. The molecule has 0 saturated heterocycles. The molecule has 0 spiro atoms. The number of hydrogen-bond acceptors (Lipinski definition) is 4. The highest BCUT2D eigenvalue weighted by molar-refractivity contribution is 14.1. The molecule has 2 aromatic carbocycles. The molecule has 0 aromatic heterocycles. The first-order valence-electron chi connectivity index (χ1n) is 8.22. The van der Waals surface area contributed by atoms with Gasteiger partial charge in [0.1, 0.15) is 23.4 Å². The Morgan fingerprint density at radius 2 is 1.93 bits per heavy atom. The molecule has 2 aromatic rings. The Bertz CT molecular complexity index is 1030. The van der Waals surface area contributed by atoms with Gasteiger partial charge in [0.2, 0.25) is 0 Å². The van der Waals surface area contributed by atoms with Gasteiger partial charge in [-0.2, -0.15) is 5.26 Å². The SMILES string of the molecule is N#C/C(=C/c1ccccc1)C(=O)N1Cc2c(cc(I)c(O)c2I)C[C@H]1C(=O)O. The topological polar surface area (TPSA) is 102 Å². The Morgan fingerprint density at radius 1 is 1.25 bits per heavy atom. The van der Waals surface area contributed by atoms with E-state index in [0.717, 1.165) is 5.56 Å². The molecule has 0 aliphatic carbocycles. The van der Waals surface area contributed by atoms with Crippen LogP contribution in [0.2, 0.25) is 0 Å². The van der Waals surface area contributed by atoms with E-state index in [9.17, 15) is 25.1 Å². The van der Waals surface area contributed by atoms with E-state index in [2.05, 4.69) is 0 Å². The van der Waals surface area contributed by atoms with Gasteiger partial charge in [0.25, 0.3) is 5.91 Å². The number of nitriles is 1. The van der Waals surface area contributed by atoms with Crippen molar-refractivity contribution in [3.63, 3.8) is 0 Å². The average Bonchev–Trinajstić information content (AvgIpc) is 2.69. The van der Waals surface area contributed by atoms with Gasteiger partial charge in [0.15, 0.2) is 0 Å². The molecule has 3 rings (SSSR count). The second-order valence-electron chi connectivity index (χ2n) is 6.23. The predicted octanol–water partition coefficient (Wildman–Crippen LogP) is 3.55. The Hall–Kier alpha value is -2.13. The molecule has 2 N–H and O–H groups in total. The minimum Gasteiger partial charge on any atom is -0.506 e. The third kappa shape index (κ3) is 4.00. The van der Waals surface area contributed by atoms with E-state index in [1.807, 2.05) is 57.3 Å². The predicted molar refractivity (Wildman–Crippen MR) is 119 cm³/mol. The maximum absolute atomic E-state index is 13.0. The van der Waals surface area contributed by atoms with Crippen molar-refractivity contribution in [3.8, 4) is 11.8 Å². The Labute approximate surface area is 188 Å². The third-order valence-electron chi connectivity index (χ3n) is 4.51. The van der Waals surface area contributed by atoms with Gasteiger partial charge in [-0.05, 0) is 74.0 Å². The molecular weight excluding hydrogens is 586 g/mol. The normalized spacial score (nSPS) is 16.2. The smallest absolute Gasteiger partial charge is 0.326 e. The molecule has 0 bridgehead atoms. The lowest BCUT2D eigenvalue weighted by atomic mass is 9.93. The first-order chi connectivity index (χ1) is 13.3. The number of carbonyl (C=O) groups is 2. The van der Waals surface area contributed by atoms with Crippen LogP contribution in [0.5, 0.6) is 5.75 Å². The van der Waals surface area contributed by atoms with Crippen LogP contribution >= 0.6 is 45.2 Å². The van der Waals surface area contributed by atoms with Gasteiger partial charge in [-0.3, -0.25) is 4.79 Å². The van der Waals surface area contributed by atoms with Gasteiger partial charge in [-0.15, -0.1) is 0 Å². The maximum Gasteiger partial charge on any atom is 0.326 e. The number of fused-ring (bicyclic) bond motifs is 1. The van der Waals surface area contributed by atoms with Crippen LogP contribution in [0, 0.1) is 18.5 Å². The zero-order chi connectivity index (χ0) is 20.4. The fourth-order valence-electron chi connectivity index (χ4n) is 3.10. The Balaban J connectivity index is 2.03. The summed E-state index contributed by atoms with van der Waals surface area (Å²) < 4.78 is 1.22. The minimum atomic E-state index is -1.13. The number of halogens is 2. The number of aliphatic carboxylic acids is 1. The summed E-state index contributed by atoms with van der Waals surface area (Å²) in [6, 6.07) is 11.5. The number of phenolic OH excluding ortho intramolecular Hbond substituents is 1. The molecule has 8 heteroatoms. The number of hydrogen-bond donors (Lipinski definition) is 2. The number of aromatic hydroxyl groups is 1. The van der Waals surface area contributed by atoms with E-state index in [1.54, 1.807) is 30.3 Å². The average molecular weight is 600 g/mol. The molecule has 1 heterocycles. The van der Waals surface area contributed by atoms with E-state index in [1.165, 1.54) is 11.0 Å². The van der Waals surface area contributed by atoms with Crippen LogP contribution in [-0.4, -0.2) is 33.0 Å². The fraction of sp³-hybridized carbons (Fsp3) is 0.150. The molecule has 142 valence electrons. The second-order valence-corrected chi connectivity index (χ2v) is 8.47. The van der Waals surface area contributed by atoms with Gasteiger partial charge in [-0.1, -0.05) is 30.3 Å². The molecular formula is C20H14I2N2O4. The lowest BCUT2D eigenvalue weighted by Gasteiger charge is -2.35. The minimum absolute atomic E-state index is 0.0156. The van der Waals surface area contributed by atoms with E-state index in [-0.39, 0.29) is 24.3 Å². The van der Waals surface area contributed by atoms with Crippen molar-refractivity contribution in [2.45, 2.75) is 19.0 Å². The molecule has 1 amide bonds. The summed E-state index contributed by atoms with van der Waals surface area (Å²) in [7, 11) is 0. The number of carboxylic acid groups (broad SMARTS) is 1. The number of carboxylic acids is 1. The van der Waals surface area contributed by atoms with Gasteiger partial charge in [0, 0.05) is 13.0 Å². The summed E-state index contributed by atoms with van der Waals surface area (Å²) in [5, 5.41) is 29.4. The maximum atomic E-state index is 13.0. The van der Waals surface area contributed by atoms with Crippen molar-refractivity contribution in [1.82, 2.24) is 4.90 Å². The first-order valence-corrected chi connectivity index (χ1v) is 10.4. The van der Waals surface area contributed by atoms with E-state index >= 15 is 0 Å². The summed E-state index contributed by atoms with van der Waals surface area (Å²) >= 11 is 3.99. The highest BCUT2D eigenvalue weighted by atomic mass is 127. The van der Waals surface area contributed by atoms with Crippen LogP contribution in [0.4, 0.5) is 0 Å². The molecule has 6 nitrogen and oxygen atoms in total. The number of carbonyl (C=O) groups excluding carboxylic acids is 1. The molecule has 0 unspecified atom stereocenters. The van der Waals surface area contributed by atoms with Gasteiger partial charge >= 0.3 is 5.97 Å². The van der Waals surface area contributed by atoms with Crippen molar-refractivity contribution >= 4 is 63.1 Å². The van der Waals surface area contributed by atoms with Crippen LogP contribution < -0.4 is 0 Å². The zero-order valence-corrected chi connectivity index (χ0v) is 18.7. The summed E-state index contributed by atoms with van der Waals surface area (Å²) in [4.78, 5) is 26.1. The van der Waals surface area contributed by atoms with Crippen LogP contribution in [0.3, 0.4) is 0 Å². The number of phenols is 1. The summed E-state index contributed by atoms with van der Waals surface area (Å²) in [6.45, 7) is 0.0156. The molecule has 1 atom stereocenters. The zero-order valence-electron chi connectivity index (χ0n) is 14.4. The highest BCUT2D eigenvalue weighted by Crippen LogP contribution is 2.36. The Kier molecular flexibility index (Phi) is 6.24. The van der Waals surface area contributed by atoms with Crippen LogP contribution in [0.1, 0.15) is 16.7 Å². The van der Waals surface area contributed by atoms with Crippen LogP contribution in [0.15, 0.2) is 42.0 Å². The van der Waals surface area contributed by atoms with E-state index < -0.39 is 17.9 Å². The van der Waals surface area contributed by atoms with Crippen LogP contribution in [-0.2, 0) is 22.6 Å². The lowest BCUT2D eigenvalue weighted by Crippen LogP contribution is -2.49. The van der Waals surface area contributed by atoms with Crippen molar-refractivity contribution in [2.24, 2.45) is 0 Å². The van der Waals surface area contributed by atoms with Crippen molar-refractivity contribution in [1.29, 1.82) is 5.26 Å². The second kappa shape index (κ2) is 8.48. The van der Waals surface area contributed by atoms with Gasteiger partial charge in [0.05, 0.1) is 7.14 Å². The van der Waals surface area contributed by atoms with Crippen molar-refractivity contribution in [2.75, 3.05) is 0 Å². The molecule has 28 heavy (non-hydrogen) atoms. The number of amides is 1.